The van der Waals surface area contributed by atoms with Crippen LogP contribution in [0.4, 0.5) is 10.1 Å². The zero-order valence-electron chi connectivity index (χ0n) is 17.8. The molecule has 0 atom stereocenters. The number of carbonyl (C=O) groups excluding carboxylic acids is 2. The highest BCUT2D eigenvalue weighted by Gasteiger charge is 2.30. The highest BCUT2D eigenvalue weighted by Crippen LogP contribution is 2.17. The third kappa shape index (κ3) is 5.68. The third-order valence-corrected chi connectivity index (χ3v) is 5.99. The summed E-state index contributed by atoms with van der Waals surface area (Å²) < 4.78 is 13.1. The first-order chi connectivity index (χ1) is 15.1. The van der Waals surface area contributed by atoms with Gasteiger partial charge in [-0.3, -0.25) is 24.3 Å². The van der Waals surface area contributed by atoms with Crippen LogP contribution in [0.2, 0.25) is 0 Å². The van der Waals surface area contributed by atoms with Gasteiger partial charge in [0.15, 0.2) is 0 Å². The van der Waals surface area contributed by atoms with Gasteiger partial charge in [0.2, 0.25) is 11.8 Å². The van der Waals surface area contributed by atoms with Gasteiger partial charge >= 0.3 is 0 Å². The molecule has 2 aliphatic heterocycles. The van der Waals surface area contributed by atoms with Gasteiger partial charge < -0.3 is 4.90 Å². The van der Waals surface area contributed by atoms with Crippen molar-refractivity contribution in [3.63, 3.8) is 0 Å². The number of hydrogen-bond donors (Lipinski definition) is 0. The number of benzene rings is 2. The molecule has 0 spiro atoms. The second-order valence-corrected chi connectivity index (χ2v) is 8.23. The summed E-state index contributed by atoms with van der Waals surface area (Å²) in [6.07, 6.45) is 0.784. The van der Waals surface area contributed by atoms with Gasteiger partial charge in [0, 0.05) is 45.0 Å². The van der Waals surface area contributed by atoms with Gasteiger partial charge in [-0.05, 0) is 42.8 Å². The molecule has 6 nitrogen and oxygen atoms in total. The normalized spacial score (nSPS) is 18.6. The fourth-order valence-electron chi connectivity index (χ4n) is 4.29. The van der Waals surface area contributed by atoms with Crippen LogP contribution in [0.1, 0.15) is 12.0 Å². The first-order valence-corrected chi connectivity index (χ1v) is 10.9. The summed E-state index contributed by atoms with van der Waals surface area (Å²) in [4.78, 5) is 33.0. The number of anilines is 1. The van der Waals surface area contributed by atoms with Crippen molar-refractivity contribution < 1.29 is 14.0 Å². The monoisotopic (exact) mass is 424 g/mol. The molecular formula is C24H29FN4O2. The summed E-state index contributed by atoms with van der Waals surface area (Å²) in [5.41, 5.74) is 2.15. The molecule has 2 aliphatic rings. The van der Waals surface area contributed by atoms with Crippen LogP contribution in [0.15, 0.2) is 54.6 Å². The summed E-state index contributed by atoms with van der Waals surface area (Å²) >= 11 is 0. The van der Waals surface area contributed by atoms with E-state index >= 15 is 0 Å². The average Bonchev–Trinajstić information content (AvgIpc) is 2.77. The van der Waals surface area contributed by atoms with Crippen LogP contribution in [0.25, 0.3) is 0 Å². The van der Waals surface area contributed by atoms with E-state index in [1.807, 2.05) is 47.4 Å². The van der Waals surface area contributed by atoms with Crippen LogP contribution >= 0.6 is 0 Å². The Labute approximate surface area is 182 Å². The Morgan fingerprint density at radius 3 is 2.03 bits per heavy atom. The van der Waals surface area contributed by atoms with Crippen molar-refractivity contribution in [3.8, 4) is 0 Å². The Balaban J connectivity index is 1.18. The number of nitrogens with zero attached hydrogens (tertiary/aromatic N) is 4. The number of carbonyl (C=O) groups is 2. The van der Waals surface area contributed by atoms with E-state index in [4.69, 9.17) is 0 Å². The molecule has 4 rings (SSSR count). The van der Waals surface area contributed by atoms with Crippen molar-refractivity contribution in [1.82, 2.24) is 14.7 Å². The lowest BCUT2D eigenvalue weighted by Gasteiger charge is -2.37. The van der Waals surface area contributed by atoms with Gasteiger partial charge in [-0.2, -0.15) is 0 Å². The predicted octanol–water partition coefficient (Wildman–Crippen LogP) is 2.21. The summed E-state index contributed by atoms with van der Waals surface area (Å²) in [6, 6.07) is 16.5. The second-order valence-electron chi connectivity index (χ2n) is 8.23. The molecule has 2 aromatic rings. The molecule has 2 aromatic carbocycles. The van der Waals surface area contributed by atoms with Crippen molar-refractivity contribution in [2.75, 3.05) is 57.3 Å². The lowest BCUT2D eigenvalue weighted by molar-refractivity contribution is -0.151. The van der Waals surface area contributed by atoms with Gasteiger partial charge in [-0.1, -0.05) is 30.3 Å². The Kier molecular flexibility index (Phi) is 6.94. The maximum absolute atomic E-state index is 13.1. The van der Waals surface area contributed by atoms with Crippen molar-refractivity contribution in [1.29, 1.82) is 0 Å². The van der Waals surface area contributed by atoms with Crippen LogP contribution in [0.3, 0.4) is 0 Å². The van der Waals surface area contributed by atoms with Crippen LogP contribution < -0.4 is 4.90 Å². The molecule has 0 bridgehead atoms. The lowest BCUT2D eigenvalue weighted by Crippen LogP contribution is -2.54. The summed E-state index contributed by atoms with van der Waals surface area (Å²) in [5.74, 6) is -0.422. The fraction of sp³-hybridized carbons (Fsp3) is 0.417. The van der Waals surface area contributed by atoms with E-state index in [1.54, 1.807) is 0 Å². The second kappa shape index (κ2) is 10.0. The van der Waals surface area contributed by atoms with Crippen molar-refractivity contribution in [2.45, 2.75) is 13.0 Å². The zero-order chi connectivity index (χ0) is 21.6. The molecule has 0 aliphatic carbocycles. The Hall–Kier alpha value is -2.77. The van der Waals surface area contributed by atoms with Crippen LogP contribution in [0, 0.1) is 5.82 Å². The molecule has 2 fully saturated rings. The molecule has 7 heteroatoms. The van der Waals surface area contributed by atoms with Gasteiger partial charge in [-0.25, -0.2) is 4.39 Å². The van der Waals surface area contributed by atoms with E-state index in [0.29, 0.717) is 13.1 Å². The SMILES string of the molecule is O=C1CN(Cc2ccccc2)CC(=O)N1CCCN1CCN(c2ccc(F)cc2)CC1. The van der Waals surface area contributed by atoms with Gasteiger partial charge in [0.1, 0.15) is 5.82 Å². The van der Waals surface area contributed by atoms with Crippen molar-refractivity contribution >= 4 is 17.5 Å². The minimum atomic E-state index is -0.215. The molecular weight excluding hydrogens is 395 g/mol. The molecule has 31 heavy (non-hydrogen) atoms. The molecule has 2 heterocycles. The minimum absolute atomic E-state index is 0.103. The maximum Gasteiger partial charge on any atom is 0.243 e. The van der Waals surface area contributed by atoms with E-state index in [2.05, 4.69) is 9.80 Å². The number of piperazine rings is 2. The fourth-order valence-corrected chi connectivity index (χ4v) is 4.29. The Morgan fingerprint density at radius 1 is 0.742 bits per heavy atom. The van der Waals surface area contributed by atoms with E-state index in [-0.39, 0.29) is 30.7 Å². The van der Waals surface area contributed by atoms with E-state index in [1.165, 1.54) is 17.0 Å². The summed E-state index contributed by atoms with van der Waals surface area (Å²) in [6.45, 7) is 6.16. The number of hydrogen-bond acceptors (Lipinski definition) is 5. The number of amides is 2. The van der Waals surface area contributed by atoms with Crippen molar-refractivity contribution in [3.05, 3.63) is 66.0 Å². The highest BCUT2D eigenvalue weighted by molar-refractivity contribution is 5.99. The molecule has 0 aromatic heterocycles. The zero-order valence-corrected chi connectivity index (χ0v) is 17.8. The average molecular weight is 425 g/mol. The Bertz CT molecular complexity index is 864. The predicted molar refractivity (Wildman–Crippen MR) is 118 cm³/mol. The molecule has 2 amide bonds. The lowest BCUT2D eigenvalue weighted by atomic mass is 10.2. The van der Waals surface area contributed by atoms with E-state index in [0.717, 1.165) is 50.4 Å². The molecule has 164 valence electrons. The number of halogens is 1. The van der Waals surface area contributed by atoms with Crippen LogP contribution in [-0.4, -0.2) is 78.9 Å². The molecule has 0 N–H and O–H groups in total. The summed E-state index contributed by atoms with van der Waals surface area (Å²) in [5, 5.41) is 0. The van der Waals surface area contributed by atoms with Gasteiger partial charge in [-0.15, -0.1) is 0 Å². The van der Waals surface area contributed by atoms with Crippen molar-refractivity contribution in [2.24, 2.45) is 0 Å². The minimum Gasteiger partial charge on any atom is -0.369 e. The van der Waals surface area contributed by atoms with E-state index in [9.17, 15) is 14.0 Å². The third-order valence-electron chi connectivity index (χ3n) is 5.99. The maximum atomic E-state index is 13.1. The smallest absolute Gasteiger partial charge is 0.243 e. The van der Waals surface area contributed by atoms with E-state index < -0.39 is 0 Å². The standard InChI is InChI=1S/C24H29FN4O2/c25-21-7-9-22(10-8-21)28-15-13-26(14-16-28)11-4-12-29-23(30)18-27(19-24(29)31)17-20-5-2-1-3-6-20/h1-3,5-10H,4,11-19H2. The topological polar surface area (TPSA) is 47.1 Å². The van der Waals surface area contributed by atoms with Crippen LogP contribution in [0.5, 0.6) is 0 Å². The summed E-state index contributed by atoms with van der Waals surface area (Å²) in [7, 11) is 0. The van der Waals surface area contributed by atoms with Gasteiger partial charge in [0.05, 0.1) is 13.1 Å². The Morgan fingerprint density at radius 2 is 1.39 bits per heavy atom. The quantitative estimate of drug-likeness (QED) is 0.638. The highest BCUT2D eigenvalue weighted by atomic mass is 19.1. The first-order valence-electron chi connectivity index (χ1n) is 10.9. The first kappa shape index (κ1) is 21.5. The van der Waals surface area contributed by atoms with Crippen LogP contribution in [-0.2, 0) is 16.1 Å². The van der Waals surface area contributed by atoms with Gasteiger partial charge in [0.25, 0.3) is 0 Å². The molecule has 0 unspecified atom stereocenters. The molecule has 0 radical (unpaired) electrons. The molecule has 2 saturated heterocycles. The number of rotatable bonds is 7. The largest absolute Gasteiger partial charge is 0.369 e. The molecule has 0 saturated carbocycles. The number of imide groups is 1.